The van der Waals surface area contributed by atoms with Crippen LogP contribution in [-0.4, -0.2) is 27.6 Å². The van der Waals surface area contributed by atoms with Gasteiger partial charge in [0, 0.05) is 24.0 Å². The zero-order valence-corrected chi connectivity index (χ0v) is 20.5. The lowest BCUT2D eigenvalue weighted by Crippen LogP contribution is -2.46. The highest BCUT2D eigenvalue weighted by atomic mass is 16.2. The first-order valence-electron chi connectivity index (χ1n) is 12.2. The van der Waals surface area contributed by atoms with Crippen LogP contribution >= 0.6 is 0 Å². The number of carbonyl (C=O) groups is 2. The summed E-state index contributed by atoms with van der Waals surface area (Å²) < 4.78 is 1.77. The number of anilines is 1. The monoisotopic (exact) mass is 458 g/mol. The number of benzene rings is 2. The standard InChI is InChI=1S/C28H34N4O2/c1-19(2)31-18-23(17-29-31)28(34)32(25-16-20(3)14-15-21(25)4)26(22-10-6-5-7-11-22)27(33)30-24-12-8-9-13-24/h5-7,10-11,14-19,24,26H,8-9,12-13H2,1-4H3,(H,30,33)/t26-/m0/s1. The molecule has 4 rings (SSSR count). The lowest BCUT2D eigenvalue weighted by molar-refractivity contribution is -0.123. The van der Waals surface area contributed by atoms with E-state index >= 15 is 0 Å². The zero-order valence-electron chi connectivity index (χ0n) is 20.5. The Kier molecular flexibility index (Phi) is 7.15. The minimum Gasteiger partial charge on any atom is -0.351 e. The van der Waals surface area contributed by atoms with Crippen molar-refractivity contribution in [2.75, 3.05) is 4.90 Å². The average Bonchev–Trinajstić information content (AvgIpc) is 3.52. The lowest BCUT2D eigenvalue weighted by atomic mass is 9.99. The molecule has 1 aromatic heterocycles. The second-order valence-corrected chi connectivity index (χ2v) is 9.57. The molecule has 6 heteroatoms. The van der Waals surface area contributed by atoms with E-state index in [-0.39, 0.29) is 23.9 Å². The highest BCUT2D eigenvalue weighted by molar-refractivity contribution is 6.10. The molecule has 1 heterocycles. The van der Waals surface area contributed by atoms with E-state index in [9.17, 15) is 9.59 Å². The largest absolute Gasteiger partial charge is 0.351 e. The summed E-state index contributed by atoms with van der Waals surface area (Å²) in [6.45, 7) is 8.01. The number of hydrogen-bond donors (Lipinski definition) is 1. The molecule has 1 atom stereocenters. The van der Waals surface area contributed by atoms with E-state index in [2.05, 4.69) is 10.4 Å². The molecule has 0 saturated heterocycles. The minimum absolute atomic E-state index is 0.131. The molecule has 1 saturated carbocycles. The Labute approximate surface area is 202 Å². The van der Waals surface area contributed by atoms with E-state index in [0.29, 0.717) is 5.56 Å². The third-order valence-corrected chi connectivity index (χ3v) is 6.54. The Morgan fingerprint density at radius 3 is 2.41 bits per heavy atom. The van der Waals surface area contributed by atoms with E-state index in [1.54, 1.807) is 22.0 Å². The van der Waals surface area contributed by atoms with Gasteiger partial charge in [-0.2, -0.15) is 5.10 Å². The van der Waals surface area contributed by atoms with Crippen LogP contribution in [0.15, 0.2) is 60.9 Å². The van der Waals surface area contributed by atoms with Crippen LogP contribution < -0.4 is 10.2 Å². The summed E-state index contributed by atoms with van der Waals surface area (Å²) in [5, 5.41) is 7.62. The summed E-state index contributed by atoms with van der Waals surface area (Å²) in [4.78, 5) is 29.6. The maximum Gasteiger partial charge on any atom is 0.262 e. The molecule has 0 radical (unpaired) electrons. The Hall–Kier alpha value is -3.41. The third kappa shape index (κ3) is 5.06. The van der Waals surface area contributed by atoms with Crippen LogP contribution in [0, 0.1) is 13.8 Å². The maximum atomic E-state index is 14.1. The number of carbonyl (C=O) groups excluding carboxylic acids is 2. The second kappa shape index (κ2) is 10.2. The maximum absolute atomic E-state index is 14.1. The van der Waals surface area contributed by atoms with Gasteiger partial charge in [0.15, 0.2) is 0 Å². The molecule has 2 aromatic carbocycles. The number of amides is 2. The molecule has 1 aliphatic rings. The molecule has 0 bridgehead atoms. The van der Waals surface area contributed by atoms with Crippen molar-refractivity contribution in [1.29, 1.82) is 0 Å². The molecule has 2 amide bonds. The smallest absolute Gasteiger partial charge is 0.262 e. The number of nitrogens with one attached hydrogen (secondary N) is 1. The van der Waals surface area contributed by atoms with E-state index in [1.807, 2.05) is 76.2 Å². The van der Waals surface area contributed by atoms with Crippen molar-refractivity contribution in [3.05, 3.63) is 83.2 Å². The van der Waals surface area contributed by atoms with Crippen molar-refractivity contribution >= 4 is 17.5 Å². The summed E-state index contributed by atoms with van der Waals surface area (Å²) in [6.07, 6.45) is 7.56. The fourth-order valence-electron chi connectivity index (χ4n) is 4.62. The molecule has 6 nitrogen and oxygen atoms in total. The fourth-order valence-corrected chi connectivity index (χ4v) is 4.62. The summed E-state index contributed by atoms with van der Waals surface area (Å²) >= 11 is 0. The van der Waals surface area contributed by atoms with Gasteiger partial charge in [0.1, 0.15) is 6.04 Å². The average molecular weight is 459 g/mol. The van der Waals surface area contributed by atoms with Crippen LogP contribution in [0.4, 0.5) is 5.69 Å². The fraction of sp³-hybridized carbons (Fsp3) is 0.393. The van der Waals surface area contributed by atoms with Gasteiger partial charge in [-0.25, -0.2) is 0 Å². The Bertz CT molecular complexity index is 1150. The Morgan fingerprint density at radius 1 is 1.06 bits per heavy atom. The van der Waals surface area contributed by atoms with Crippen LogP contribution in [0.3, 0.4) is 0 Å². The van der Waals surface area contributed by atoms with Crippen molar-refractivity contribution in [3.8, 4) is 0 Å². The lowest BCUT2D eigenvalue weighted by Gasteiger charge is -2.33. The van der Waals surface area contributed by atoms with Gasteiger partial charge in [0.05, 0.1) is 11.8 Å². The van der Waals surface area contributed by atoms with Gasteiger partial charge >= 0.3 is 0 Å². The van der Waals surface area contributed by atoms with Crippen LogP contribution in [0.5, 0.6) is 0 Å². The van der Waals surface area contributed by atoms with E-state index in [4.69, 9.17) is 0 Å². The molecular weight excluding hydrogens is 424 g/mol. The number of aromatic nitrogens is 2. The molecule has 0 aliphatic heterocycles. The first-order valence-corrected chi connectivity index (χ1v) is 12.2. The van der Waals surface area contributed by atoms with Gasteiger partial charge in [0.2, 0.25) is 5.91 Å². The molecule has 1 aliphatic carbocycles. The normalized spacial score (nSPS) is 14.9. The van der Waals surface area contributed by atoms with Crippen molar-refractivity contribution < 1.29 is 9.59 Å². The Morgan fingerprint density at radius 2 is 1.76 bits per heavy atom. The number of hydrogen-bond acceptors (Lipinski definition) is 3. The summed E-state index contributed by atoms with van der Waals surface area (Å²) in [5.41, 5.74) is 3.94. The first-order chi connectivity index (χ1) is 16.3. The van der Waals surface area contributed by atoms with Gasteiger partial charge in [0.25, 0.3) is 5.91 Å². The van der Waals surface area contributed by atoms with Gasteiger partial charge in [-0.3, -0.25) is 19.2 Å². The molecule has 3 aromatic rings. The quantitative estimate of drug-likeness (QED) is 0.506. The van der Waals surface area contributed by atoms with Crippen LogP contribution in [0.25, 0.3) is 0 Å². The van der Waals surface area contributed by atoms with Crippen LogP contribution in [0.1, 0.15) is 78.7 Å². The highest BCUT2D eigenvalue weighted by Crippen LogP contribution is 2.33. The SMILES string of the molecule is Cc1ccc(C)c(N(C(=O)c2cnn(C(C)C)c2)[C@H](C(=O)NC2CCCC2)c2ccccc2)c1. The first kappa shape index (κ1) is 23.7. The van der Waals surface area contributed by atoms with Crippen molar-refractivity contribution in [1.82, 2.24) is 15.1 Å². The van der Waals surface area contributed by atoms with Gasteiger partial charge in [-0.15, -0.1) is 0 Å². The summed E-state index contributed by atoms with van der Waals surface area (Å²) in [5.74, 6) is -0.389. The van der Waals surface area contributed by atoms with Crippen LogP contribution in [0.2, 0.25) is 0 Å². The van der Waals surface area contributed by atoms with E-state index < -0.39 is 6.04 Å². The molecule has 34 heavy (non-hydrogen) atoms. The van der Waals surface area contributed by atoms with E-state index in [0.717, 1.165) is 48.1 Å². The number of aryl methyl sites for hydroxylation is 2. The predicted molar refractivity (Wildman–Crippen MR) is 135 cm³/mol. The number of rotatable bonds is 7. The van der Waals surface area contributed by atoms with Gasteiger partial charge < -0.3 is 5.32 Å². The van der Waals surface area contributed by atoms with Gasteiger partial charge in [-0.05, 0) is 63.3 Å². The van der Waals surface area contributed by atoms with Crippen LogP contribution in [-0.2, 0) is 4.79 Å². The molecule has 178 valence electrons. The molecule has 0 spiro atoms. The van der Waals surface area contributed by atoms with Gasteiger partial charge in [-0.1, -0.05) is 55.3 Å². The Balaban J connectivity index is 1.84. The second-order valence-electron chi connectivity index (χ2n) is 9.57. The van der Waals surface area contributed by atoms with Crippen molar-refractivity contribution in [2.24, 2.45) is 0 Å². The molecule has 1 fully saturated rings. The molecular formula is C28H34N4O2. The van der Waals surface area contributed by atoms with E-state index in [1.165, 1.54) is 0 Å². The molecule has 1 N–H and O–H groups in total. The van der Waals surface area contributed by atoms with Crippen molar-refractivity contribution in [2.45, 2.75) is 71.5 Å². The predicted octanol–water partition coefficient (Wildman–Crippen LogP) is 5.53. The summed E-state index contributed by atoms with van der Waals surface area (Å²) in [7, 11) is 0. The minimum atomic E-state index is -0.794. The number of nitrogens with zero attached hydrogens (tertiary/aromatic N) is 3. The highest BCUT2D eigenvalue weighted by Gasteiger charge is 2.36. The topological polar surface area (TPSA) is 67.2 Å². The van der Waals surface area contributed by atoms with Crippen molar-refractivity contribution in [3.63, 3.8) is 0 Å². The zero-order chi connectivity index (χ0) is 24.2. The summed E-state index contributed by atoms with van der Waals surface area (Å²) in [6, 6.07) is 15.1. The molecule has 0 unspecified atom stereocenters. The third-order valence-electron chi connectivity index (χ3n) is 6.54.